The largest absolute Gasteiger partial charge is 0.480 e. The van der Waals surface area contributed by atoms with Crippen LogP contribution in [0.3, 0.4) is 0 Å². The maximum Gasteiger partial charge on any atom is 0.323 e. The number of rotatable bonds is 4. The van der Waals surface area contributed by atoms with Gasteiger partial charge >= 0.3 is 11.9 Å². The predicted molar refractivity (Wildman–Crippen MR) is 35.8 cm³/mol. The molecule has 0 unspecified atom stereocenters. The van der Waals surface area contributed by atoms with Crippen LogP contribution in [0.2, 0.25) is 0 Å². The topological polar surface area (TPSA) is 127 Å². The lowest BCUT2D eigenvalue weighted by molar-refractivity contribution is -0.162. The van der Waals surface area contributed by atoms with Crippen molar-refractivity contribution in [1.29, 1.82) is 0 Å². The summed E-state index contributed by atoms with van der Waals surface area (Å²) in [5.74, 6) is -3.01. The van der Waals surface area contributed by atoms with Gasteiger partial charge in [0.1, 0.15) is 0 Å². The molecule has 0 aliphatic rings. The van der Waals surface area contributed by atoms with Crippen molar-refractivity contribution >= 4 is 11.9 Å². The first-order chi connectivity index (χ1) is 5.01. The molecular formula is C5H10N2O4. The van der Waals surface area contributed by atoms with Crippen LogP contribution in [0.15, 0.2) is 0 Å². The van der Waals surface area contributed by atoms with E-state index in [0.717, 1.165) is 0 Å². The van der Waals surface area contributed by atoms with Gasteiger partial charge in [-0.1, -0.05) is 0 Å². The van der Waals surface area contributed by atoms with E-state index in [4.69, 9.17) is 21.7 Å². The normalized spacial score (nSPS) is 11.1. The monoisotopic (exact) mass is 162 g/mol. The Morgan fingerprint density at radius 2 is 1.36 bits per heavy atom. The van der Waals surface area contributed by atoms with Gasteiger partial charge in [-0.3, -0.25) is 9.59 Å². The lowest BCUT2D eigenvalue weighted by Gasteiger charge is -2.19. The molecule has 0 amide bonds. The van der Waals surface area contributed by atoms with E-state index in [1.807, 2.05) is 0 Å². The van der Waals surface area contributed by atoms with Crippen LogP contribution in [0.1, 0.15) is 0 Å². The van der Waals surface area contributed by atoms with E-state index in [9.17, 15) is 9.59 Å². The molecule has 6 N–H and O–H groups in total. The maximum atomic E-state index is 10.4. The van der Waals surface area contributed by atoms with E-state index in [0.29, 0.717) is 0 Å². The summed E-state index contributed by atoms with van der Waals surface area (Å²) in [6.07, 6.45) is 0. The summed E-state index contributed by atoms with van der Waals surface area (Å²) in [4.78, 5) is 20.8. The fourth-order valence-electron chi connectivity index (χ4n) is 0.524. The van der Waals surface area contributed by atoms with Gasteiger partial charge in [0, 0.05) is 13.1 Å². The molecule has 11 heavy (non-hydrogen) atoms. The second-order valence-electron chi connectivity index (χ2n) is 2.10. The third-order valence-corrected chi connectivity index (χ3v) is 1.52. The van der Waals surface area contributed by atoms with Gasteiger partial charge in [-0.2, -0.15) is 0 Å². The van der Waals surface area contributed by atoms with Gasteiger partial charge in [0.15, 0.2) is 5.41 Å². The molecule has 0 spiro atoms. The lowest BCUT2D eigenvalue weighted by atomic mass is 9.89. The molecule has 0 fully saturated rings. The Balaban J connectivity index is 4.76. The Hall–Kier alpha value is -1.14. The first-order valence-electron chi connectivity index (χ1n) is 2.88. The zero-order valence-electron chi connectivity index (χ0n) is 5.78. The highest BCUT2D eigenvalue weighted by Gasteiger charge is 2.44. The molecule has 0 aromatic heterocycles. The van der Waals surface area contributed by atoms with Crippen LogP contribution in [-0.2, 0) is 9.59 Å². The van der Waals surface area contributed by atoms with Crippen molar-refractivity contribution in [1.82, 2.24) is 0 Å². The van der Waals surface area contributed by atoms with Crippen molar-refractivity contribution in [2.45, 2.75) is 0 Å². The molecule has 0 aromatic carbocycles. The summed E-state index contributed by atoms with van der Waals surface area (Å²) in [7, 11) is 0. The number of carbonyl (C=O) groups is 2. The summed E-state index contributed by atoms with van der Waals surface area (Å²) in [6, 6.07) is 0. The Labute approximate surface area is 62.8 Å². The van der Waals surface area contributed by atoms with Gasteiger partial charge in [0.2, 0.25) is 0 Å². The Morgan fingerprint density at radius 1 is 1.09 bits per heavy atom. The molecular weight excluding hydrogens is 152 g/mol. The molecule has 0 rings (SSSR count). The average molecular weight is 162 g/mol. The number of carboxylic acid groups (broad SMARTS) is 2. The summed E-state index contributed by atoms with van der Waals surface area (Å²) < 4.78 is 0. The van der Waals surface area contributed by atoms with Crippen molar-refractivity contribution in [3.05, 3.63) is 0 Å². The fraction of sp³-hybridized carbons (Fsp3) is 0.600. The molecule has 6 heteroatoms. The van der Waals surface area contributed by atoms with Crippen molar-refractivity contribution in [2.24, 2.45) is 16.9 Å². The van der Waals surface area contributed by atoms with Crippen LogP contribution in [0.5, 0.6) is 0 Å². The van der Waals surface area contributed by atoms with Crippen LogP contribution in [0.25, 0.3) is 0 Å². The highest BCUT2D eigenvalue weighted by atomic mass is 16.4. The van der Waals surface area contributed by atoms with Gasteiger partial charge in [-0.15, -0.1) is 0 Å². The lowest BCUT2D eigenvalue weighted by Crippen LogP contribution is -2.50. The molecule has 0 saturated heterocycles. The third kappa shape index (κ3) is 1.47. The van der Waals surface area contributed by atoms with Crippen LogP contribution in [0, 0.1) is 5.41 Å². The Bertz CT molecular complexity index is 159. The van der Waals surface area contributed by atoms with Gasteiger partial charge in [0.05, 0.1) is 0 Å². The Kier molecular flexibility index (Phi) is 2.97. The molecule has 0 radical (unpaired) electrons. The molecule has 0 aliphatic heterocycles. The minimum absolute atomic E-state index is 0.506. The second kappa shape index (κ2) is 3.31. The van der Waals surface area contributed by atoms with Crippen LogP contribution >= 0.6 is 0 Å². The highest BCUT2D eigenvalue weighted by Crippen LogP contribution is 2.13. The van der Waals surface area contributed by atoms with E-state index in [-0.39, 0.29) is 0 Å². The van der Waals surface area contributed by atoms with Crippen molar-refractivity contribution < 1.29 is 19.8 Å². The highest BCUT2D eigenvalue weighted by molar-refractivity contribution is 5.98. The van der Waals surface area contributed by atoms with Gasteiger partial charge in [-0.05, 0) is 0 Å². The number of hydrogen-bond acceptors (Lipinski definition) is 4. The molecule has 0 aliphatic carbocycles. The number of hydrogen-bond donors (Lipinski definition) is 4. The smallest absolute Gasteiger partial charge is 0.323 e. The van der Waals surface area contributed by atoms with Crippen LogP contribution in [-0.4, -0.2) is 35.2 Å². The second-order valence-corrected chi connectivity index (χ2v) is 2.10. The summed E-state index contributed by atoms with van der Waals surface area (Å²) in [5.41, 5.74) is 7.93. The molecule has 0 heterocycles. The molecule has 0 saturated carbocycles. The maximum absolute atomic E-state index is 10.4. The van der Waals surface area contributed by atoms with E-state index < -0.39 is 30.4 Å². The molecule has 6 nitrogen and oxygen atoms in total. The average Bonchev–Trinajstić information content (AvgIpc) is 1.90. The van der Waals surface area contributed by atoms with Gasteiger partial charge in [-0.25, -0.2) is 0 Å². The standard InChI is InChI=1S/C5H10N2O4/c6-1-5(2-7,3(8)9)4(10)11/h1-2,6-7H2,(H,8,9)(H,10,11). The fourth-order valence-corrected chi connectivity index (χ4v) is 0.524. The summed E-state index contributed by atoms with van der Waals surface area (Å²) in [5, 5.41) is 16.9. The third-order valence-electron chi connectivity index (χ3n) is 1.52. The van der Waals surface area contributed by atoms with E-state index in [1.54, 1.807) is 0 Å². The number of aliphatic carboxylic acids is 2. The predicted octanol–water partition coefficient (Wildman–Crippen LogP) is -1.94. The molecule has 0 aromatic rings. The zero-order chi connectivity index (χ0) is 9.07. The molecule has 64 valence electrons. The van der Waals surface area contributed by atoms with Gasteiger partial charge < -0.3 is 21.7 Å². The minimum atomic E-state index is -2.03. The SMILES string of the molecule is NCC(CN)(C(=O)O)C(=O)O. The quantitative estimate of drug-likeness (QED) is 0.356. The van der Waals surface area contributed by atoms with Crippen molar-refractivity contribution in [3.63, 3.8) is 0 Å². The van der Waals surface area contributed by atoms with Crippen LogP contribution in [0.4, 0.5) is 0 Å². The van der Waals surface area contributed by atoms with Crippen molar-refractivity contribution in [3.8, 4) is 0 Å². The zero-order valence-corrected chi connectivity index (χ0v) is 5.78. The van der Waals surface area contributed by atoms with Crippen molar-refractivity contribution in [2.75, 3.05) is 13.1 Å². The first-order valence-corrected chi connectivity index (χ1v) is 2.88. The first kappa shape index (κ1) is 9.86. The Morgan fingerprint density at radius 3 is 1.36 bits per heavy atom. The number of nitrogens with two attached hydrogens (primary N) is 2. The van der Waals surface area contributed by atoms with E-state index >= 15 is 0 Å². The molecule has 0 bridgehead atoms. The van der Waals surface area contributed by atoms with E-state index in [1.165, 1.54) is 0 Å². The summed E-state index contributed by atoms with van der Waals surface area (Å²) in [6.45, 7) is -1.01. The van der Waals surface area contributed by atoms with E-state index in [2.05, 4.69) is 0 Å². The minimum Gasteiger partial charge on any atom is -0.480 e. The summed E-state index contributed by atoms with van der Waals surface area (Å²) >= 11 is 0. The van der Waals surface area contributed by atoms with Crippen LogP contribution < -0.4 is 11.5 Å². The number of carboxylic acids is 2. The molecule has 0 atom stereocenters. The van der Waals surface area contributed by atoms with Gasteiger partial charge in [0.25, 0.3) is 0 Å².